The second-order valence-corrected chi connectivity index (χ2v) is 8.86. The van der Waals surface area contributed by atoms with E-state index >= 15 is 0 Å². The summed E-state index contributed by atoms with van der Waals surface area (Å²) in [6, 6.07) is 18.5. The molecular formula is C26H23N3O2S. The molecule has 160 valence electrons. The van der Waals surface area contributed by atoms with Gasteiger partial charge in [0.1, 0.15) is 5.03 Å². The van der Waals surface area contributed by atoms with Crippen molar-refractivity contribution in [1.82, 2.24) is 15.0 Å². The SMILES string of the molecule is Cc1cccc(CSc2nc(-c3ccccc3)nc3c2Cc2c(CO)cnc(C)c2O3)c1. The molecule has 3 heterocycles. The lowest BCUT2D eigenvalue weighted by atomic mass is 9.99. The fourth-order valence-electron chi connectivity index (χ4n) is 3.88. The number of nitrogens with zero attached hydrogens (tertiary/aromatic N) is 3. The molecule has 2 aromatic heterocycles. The van der Waals surface area contributed by atoms with Gasteiger partial charge in [0.05, 0.1) is 17.9 Å². The maximum Gasteiger partial charge on any atom is 0.227 e. The zero-order valence-corrected chi connectivity index (χ0v) is 18.8. The lowest BCUT2D eigenvalue weighted by molar-refractivity contribution is 0.278. The number of hydrogen-bond donors (Lipinski definition) is 1. The molecule has 0 saturated heterocycles. The van der Waals surface area contributed by atoms with Crippen LogP contribution in [0.3, 0.4) is 0 Å². The Morgan fingerprint density at radius 1 is 1.00 bits per heavy atom. The number of fused-ring (bicyclic) bond motifs is 2. The van der Waals surface area contributed by atoms with E-state index in [1.807, 2.05) is 37.3 Å². The first-order valence-electron chi connectivity index (χ1n) is 10.5. The van der Waals surface area contributed by atoms with Crippen molar-refractivity contribution < 1.29 is 9.84 Å². The number of ether oxygens (including phenoxy) is 1. The highest BCUT2D eigenvalue weighted by Crippen LogP contribution is 2.43. The highest BCUT2D eigenvalue weighted by Gasteiger charge is 2.27. The van der Waals surface area contributed by atoms with Crippen molar-refractivity contribution in [2.24, 2.45) is 0 Å². The van der Waals surface area contributed by atoms with Gasteiger partial charge in [-0.2, -0.15) is 4.98 Å². The molecule has 6 heteroatoms. The molecule has 4 aromatic rings. The third-order valence-corrected chi connectivity index (χ3v) is 6.64. The van der Waals surface area contributed by atoms with Crippen LogP contribution in [0.15, 0.2) is 65.8 Å². The molecule has 0 unspecified atom stereocenters. The van der Waals surface area contributed by atoms with Gasteiger partial charge in [0.15, 0.2) is 11.6 Å². The van der Waals surface area contributed by atoms with Gasteiger partial charge in [0.25, 0.3) is 0 Å². The lowest BCUT2D eigenvalue weighted by Gasteiger charge is -2.24. The molecule has 0 amide bonds. The normalized spacial score (nSPS) is 12.1. The Labute approximate surface area is 191 Å². The Morgan fingerprint density at radius 2 is 1.84 bits per heavy atom. The number of aliphatic hydroxyl groups excluding tert-OH is 1. The smallest absolute Gasteiger partial charge is 0.227 e. The molecule has 5 rings (SSSR count). The topological polar surface area (TPSA) is 68.1 Å². The van der Waals surface area contributed by atoms with Crippen LogP contribution in [0, 0.1) is 13.8 Å². The van der Waals surface area contributed by atoms with Gasteiger partial charge in [-0.05, 0) is 19.4 Å². The molecule has 0 aliphatic carbocycles. The molecule has 0 bridgehead atoms. The summed E-state index contributed by atoms with van der Waals surface area (Å²) in [6.45, 7) is 3.94. The van der Waals surface area contributed by atoms with Crippen LogP contribution in [-0.2, 0) is 18.8 Å². The Hall–Kier alpha value is -3.22. The van der Waals surface area contributed by atoms with Crippen molar-refractivity contribution in [3.63, 3.8) is 0 Å². The second-order valence-electron chi connectivity index (χ2n) is 7.89. The van der Waals surface area contributed by atoms with E-state index < -0.39 is 0 Å². The summed E-state index contributed by atoms with van der Waals surface area (Å²) in [4.78, 5) is 14.1. The fourth-order valence-corrected chi connectivity index (χ4v) is 4.85. The van der Waals surface area contributed by atoms with Crippen molar-refractivity contribution in [2.75, 3.05) is 0 Å². The van der Waals surface area contributed by atoms with Gasteiger partial charge in [0, 0.05) is 35.1 Å². The largest absolute Gasteiger partial charge is 0.436 e. The van der Waals surface area contributed by atoms with Crippen molar-refractivity contribution in [2.45, 2.75) is 37.7 Å². The maximum atomic E-state index is 9.84. The van der Waals surface area contributed by atoms with Crippen LogP contribution in [0.1, 0.15) is 33.5 Å². The zero-order chi connectivity index (χ0) is 22.1. The standard InChI is InChI=1S/C26H23N3O2S/c1-16-7-6-8-18(11-16)15-32-26-22-12-21-20(14-30)13-27-17(2)23(21)31-25(22)28-24(29-26)19-9-4-3-5-10-19/h3-11,13,30H,12,14-15H2,1-2H3. The molecule has 0 radical (unpaired) electrons. The first-order valence-corrected chi connectivity index (χ1v) is 11.5. The van der Waals surface area contributed by atoms with E-state index in [-0.39, 0.29) is 6.61 Å². The number of hydrogen-bond acceptors (Lipinski definition) is 6. The number of thioether (sulfide) groups is 1. The zero-order valence-electron chi connectivity index (χ0n) is 18.0. The molecule has 5 nitrogen and oxygen atoms in total. The third-order valence-electron chi connectivity index (χ3n) is 5.55. The van der Waals surface area contributed by atoms with Gasteiger partial charge in [-0.1, -0.05) is 60.2 Å². The van der Waals surface area contributed by atoms with E-state index in [4.69, 9.17) is 14.7 Å². The molecule has 0 fully saturated rings. The van der Waals surface area contributed by atoms with Crippen LogP contribution in [0.5, 0.6) is 11.6 Å². The van der Waals surface area contributed by atoms with Crippen molar-refractivity contribution >= 4 is 11.8 Å². The molecule has 0 saturated carbocycles. The average Bonchev–Trinajstić information content (AvgIpc) is 2.82. The van der Waals surface area contributed by atoms with Crippen molar-refractivity contribution in [3.05, 3.63) is 94.3 Å². The van der Waals surface area contributed by atoms with Gasteiger partial charge in [0.2, 0.25) is 5.88 Å². The number of rotatable bonds is 5. The first-order chi connectivity index (χ1) is 15.6. The van der Waals surface area contributed by atoms with E-state index in [0.29, 0.717) is 23.9 Å². The van der Waals surface area contributed by atoms with Crippen LogP contribution >= 0.6 is 11.8 Å². The summed E-state index contributed by atoms with van der Waals surface area (Å²) in [7, 11) is 0. The minimum atomic E-state index is -0.0803. The predicted octanol–water partition coefficient (Wildman–Crippen LogP) is 5.64. The average molecular weight is 442 g/mol. The lowest BCUT2D eigenvalue weighted by Crippen LogP contribution is -2.13. The molecular weight excluding hydrogens is 418 g/mol. The van der Waals surface area contributed by atoms with Crippen LogP contribution < -0.4 is 4.74 Å². The van der Waals surface area contributed by atoms with Gasteiger partial charge >= 0.3 is 0 Å². The molecule has 1 N–H and O–H groups in total. The van der Waals surface area contributed by atoms with E-state index in [9.17, 15) is 5.11 Å². The minimum absolute atomic E-state index is 0.0803. The second kappa shape index (κ2) is 8.73. The highest BCUT2D eigenvalue weighted by molar-refractivity contribution is 7.98. The van der Waals surface area contributed by atoms with E-state index in [2.05, 4.69) is 36.2 Å². The van der Waals surface area contributed by atoms with Crippen LogP contribution in [0.2, 0.25) is 0 Å². The van der Waals surface area contributed by atoms with Crippen LogP contribution in [0.25, 0.3) is 11.4 Å². The number of aryl methyl sites for hydroxylation is 2. The number of benzene rings is 2. The first kappa shape index (κ1) is 20.7. The van der Waals surface area contributed by atoms with E-state index in [1.165, 1.54) is 11.1 Å². The highest BCUT2D eigenvalue weighted by atomic mass is 32.2. The number of aliphatic hydroxyl groups is 1. The summed E-state index contributed by atoms with van der Waals surface area (Å²) in [5.74, 6) is 2.70. The Kier molecular flexibility index (Phi) is 5.64. The maximum absolute atomic E-state index is 9.84. The van der Waals surface area contributed by atoms with Gasteiger partial charge in [-0.15, -0.1) is 11.8 Å². The molecule has 0 atom stereocenters. The molecule has 0 spiro atoms. The summed E-state index contributed by atoms with van der Waals surface area (Å²) in [5, 5.41) is 10.7. The Balaban J connectivity index is 1.59. The number of pyridine rings is 1. The Bertz CT molecular complexity index is 1290. The Morgan fingerprint density at radius 3 is 2.62 bits per heavy atom. The predicted molar refractivity (Wildman–Crippen MR) is 126 cm³/mol. The summed E-state index contributed by atoms with van der Waals surface area (Å²) in [6.07, 6.45) is 2.33. The van der Waals surface area contributed by atoms with Crippen LogP contribution in [-0.4, -0.2) is 20.1 Å². The van der Waals surface area contributed by atoms with Crippen molar-refractivity contribution in [1.29, 1.82) is 0 Å². The molecule has 1 aliphatic heterocycles. The van der Waals surface area contributed by atoms with E-state index in [1.54, 1.807) is 18.0 Å². The number of aromatic nitrogens is 3. The molecule has 2 aromatic carbocycles. The van der Waals surface area contributed by atoms with Crippen molar-refractivity contribution in [3.8, 4) is 23.0 Å². The fraction of sp³-hybridized carbons (Fsp3) is 0.192. The monoisotopic (exact) mass is 441 g/mol. The molecule has 1 aliphatic rings. The summed E-state index contributed by atoms with van der Waals surface area (Å²) >= 11 is 1.69. The summed E-state index contributed by atoms with van der Waals surface area (Å²) in [5.41, 5.74) is 6.91. The quantitative estimate of drug-likeness (QED) is 0.281. The third kappa shape index (κ3) is 3.99. The minimum Gasteiger partial charge on any atom is -0.436 e. The summed E-state index contributed by atoms with van der Waals surface area (Å²) < 4.78 is 6.29. The van der Waals surface area contributed by atoms with Crippen LogP contribution in [0.4, 0.5) is 0 Å². The van der Waals surface area contributed by atoms with Gasteiger partial charge in [-0.3, -0.25) is 4.98 Å². The van der Waals surface area contributed by atoms with Gasteiger partial charge in [-0.25, -0.2) is 4.98 Å². The van der Waals surface area contributed by atoms with Gasteiger partial charge < -0.3 is 9.84 Å². The molecule has 32 heavy (non-hydrogen) atoms. The van der Waals surface area contributed by atoms with E-state index in [0.717, 1.165) is 38.7 Å².